The van der Waals surface area contributed by atoms with E-state index in [1.807, 2.05) is 13.0 Å². The van der Waals surface area contributed by atoms with E-state index in [1.54, 1.807) is 18.2 Å². The molecular formula is C28H36F3NO3. The van der Waals surface area contributed by atoms with Gasteiger partial charge in [0.1, 0.15) is 11.3 Å². The molecule has 1 atom stereocenters. The van der Waals surface area contributed by atoms with Crippen LogP contribution in [0.2, 0.25) is 0 Å². The molecule has 0 spiro atoms. The van der Waals surface area contributed by atoms with Crippen molar-refractivity contribution in [3.05, 3.63) is 41.5 Å². The van der Waals surface area contributed by atoms with Crippen LogP contribution in [0.5, 0.6) is 5.75 Å². The van der Waals surface area contributed by atoms with E-state index in [9.17, 15) is 23.1 Å². The van der Waals surface area contributed by atoms with Gasteiger partial charge in [-0.25, -0.2) is 0 Å². The lowest BCUT2D eigenvalue weighted by molar-refractivity contribution is -0.143. The molecule has 2 N–H and O–H groups in total. The van der Waals surface area contributed by atoms with Gasteiger partial charge in [0, 0.05) is 12.1 Å². The van der Waals surface area contributed by atoms with Crippen molar-refractivity contribution in [1.29, 1.82) is 0 Å². The number of carboxylic acids is 1. The molecule has 2 aliphatic rings. The molecule has 2 aliphatic carbocycles. The number of benzene rings is 2. The van der Waals surface area contributed by atoms with Crippen LogP contribution in [0.1, 0.15) is 88.8 Å². The Morgan fingerprint density at radius 2 is 1.71 bits per heavy atom. The standard InChI is InChI=1S/C28H36F3NO3/c1-3-18-4-13-23(14-5-18)35-25-15-10-19-6-7-21(16-24(19)26(25)28(29,30)31)17(2)32-22-11-8-20(9-12-22)27(33)34/h6-7,10,15-18,20,22-23,32H,3-5,8-9,11-14H2,1-2H3,(H,33,34)/t17?,18-,20-,22+,23+. The number of hydrogen-bond donors (Lipinski definition) is 2. The molecule has 0 heterocycles. The Bertz CT molecular complexity index is 1020. The maximum atomic E-state index is 14.3. The van der Waals surface area contributed by atoms with E-state index in [1.165, 1.54) is 6.07 Å². The third-order valence-electron chi connectivity index (χ3n) is 8.02. The minimum atomic E-state index is -4.53. The summed E-state index contributed by atoms with van der Waals surface area (Å²) in [7, 11) is 0. The quantitative estimate of drug-likeness (QED) is 0.421. The van der Waals surface area contributed by atoms with Crippen LogP contribution < -0.4 is 10.1 Å². The first kappa shape index (κ1) is 25.8. The summed E-state index contributed by atoms with van der Waals surface area (Å²) in [6.45, 7) is 4.11. The average molecular weight is 492 g/mol. The lowest BCUT2D eigenvalue weighted by atomic mass is 9.85. The highest BCUT2D eigenvalue weighted by Crippen LogP contribution is 2.43. The Labute approximate surface area is 205 Å². The Morgan fingerprint density at radius 3 is 2.31 bits per heavy atom. The number of carbonyl (C=O) groups is 1. The normalized spacial score (nSPS) is 26.4. The largest absolute Gasteiger partial charge is 0.490 e. The van der Waals surface area contributed by atoms with Crippen molar-refractivity contribution in [3.63, 3.8) is 0 Å². The zero-order valence-corrected chi connectivity index (χ0v) is 20.5. The van der Waals surface area contributed by atoms with E-state index in [0.717, 1.165) is 50.5 Å². The Morgan fingerprint density at radius 1 is 1.06 bits per heavy atom. The predicted octanol–water partition coefficient (Wildman–Crippen LogP) is 7.50. The van der Waals surface area contributed by atoms with Gasteiger partial charge >= 0.3 is 12.1 Å². The number of nitrogens with one attached hydrogen (secondary N) is 1. The Balaban J connectivity index is 1.55. The fourth-order valence-corrected chi connectivity index (χ4v) is 5.77. The lowest BCUT2D eigenvalue weighted by Gasteiger charge is -2.30. The van der Waals surface area contributed by atoms with Crippen molar-refractivity contribution in [2.45, 2.75) is 96.0 Å². The summed E-state index contributed by atoms with van der Waals surface area (Å²) in [6, 6.07) is 8.45. The number of aliphatic carboxylic acids is 1. The highest BCUT2D eigenvalue weighted by atomic mass is 19.4. The van der Waals surface area contributed by atoms with Crippen molar-refractivity contribution in [1.82, 2.24) is 5.32 Å². The summed E-state index contributed by atoms with van der Waals surface area (Å²) in [5, 5.41) is 13.4. The van der Waals surface area contributed by atoms with E-state index in [4.69, 9.17) is 4.74 Å². The predicted molar refractivity (Wildman–Crippen MR) is 131 cm³/mol. The van der Waals surface area contributed by atoms with Gasteiger partial charge in [-0.15, -0.1) is 0 Å². The first-order chi connectivity index (χ1) is 16.7. The summed E-state index contributed by atoms with van der Waals surface area (Å²) in [4.78, 5) is 11.2. The zero-order chi connectivity index (χ0) is 25.2. The van der Waals surface area contributed by atoms with Gasteiger partial charge in [0.2, 0.25) is 0 Å². The molecule has 4 nitrogen and oxygen atoms in total. The Kier molecular flexibility index (Phi) is 7.94. The maximum Gasteiger partial charge on any atom is 0.420 e. The number of carboxylic acid groups (broad SMARTS) is 1. The summed E-state index contributed by atoms with van der Waals surface area (Å²) in [5.41, 5.74) is 0.0904. The van der Waals surface area contributed by atoms with Crippen LogP contribution in [0.25, 0.3) is 10.8 Å². The highest BCUT2D eigenvalue weighted by Gasteiger charge is 2.37. The van der Waals surface area contributed by atoms with E-state index in [0.29, 0.717) is 24.1 Å². The van der Waals surface area contributed by atoms with Crippen molar-refractivity contribution >= 4 is 16.7 Å². The molecule has 2 aromatic rings. The van der Waals surface area contributed by atoms with E-state index >= 15 is 0 Å². The zero-order valence-electron chi connectivity index (χ0n) is 20.5. The fourth-order valence-electron chi connectivity index (χ4n) is 5.77. The molecule has 0 amide bonds. The first-order valence-electron chi connectivity index (χ1n) is 12.9. The number of halogens is 3. The van der Waals surface area contributed by atoms with Crippen molar-refractivity contribution in [2.75, 3.05) is 0 Å². The molecule has 192 valence electrons. The number of rotatable bonds is 7. The number of fused-ring (bicyclic) bond motifs is 1. The molecule has 1 unspecified atom stereocenters. The number of alkyl halides is 3. The van der Waals surface area contributed by atoms with Gasteiger partial charge in [-0.05, 0) is 92.7 Å². The summed E-state index contributed by atoms with van der Waals surface area (Å²) < 4.78 is 48.9. The van der Waals surface area contributed by atoms with Gasteiger partial charge in [0.05, 0.1) is 12.0 Å². The van der Waals surface area contributed by atoms with Gasteiger partial charge in [-0.1, -0.05) is 31.5 Å². The van der Waals surface area contributed by atoms with E-state index in [2.05, 4.69) is 12.2 Å². The molecule has 2 aromatic carbocycles. The van der Waals surface area contributed by atoms with E-state index < -0.39 is 17.7 Å². The second-order valence-electron chi connectivity index (χ2n) is 10.4. The molecule has 0 radical (unpaired) electrons. The molecule has 2 fully saturated rings. The molecular weight excluding hydrogens is 455 g/mol. The lowest BCUT2D eigenvalue weighted by Crippen LogP contribution is -2.36. The van der Waals surface area contributed by atoms with Gasteiger partial charge < -0.3 is 15.2 Å². The van der Waals surface area contributed by atoms with Crippen molar-refractivity contribution < 1.29 is 27.8 Å². The van der Waals surface area contributed by atoms with Crippen LogP contribution in [0.3, 0.4) is 0 Å². The van der Waals surface area contributed by atoms with Crippen LogP contribution >= 0.6 is 0 Å². The second kappa shape index (κ2) is 10.8. The molecule has 0 aliphatic heterocycles. The molecule has 2 saturated carbocycles. The van der Waals surface area contributed by atoms with Gasteiger partial charge in [-0.2, -0.15) is 13.2 Å². The number of ether oxygens (including phenoxy) is 1. The second-order valence-corrected chi connectivity index (χ2v) is 10.4. The minimum absolute atomic E-state index is 0.0743. The van der Waals surface area contributed by atoms with Crippen LogP contribution in [-0.2, 0) is 11.0 Å². The number of hydrogen-bond acceptors (Lipinski definition) is 3. The van der Waals surface area contributed by atoms with E-state index in [-0.39, 0.29) is 35.2 Å². The molecule has 0 aromatic heterocycles. The summed E-state index contributed by atoms with van der Waals surface area (Å²) >= 11 is 0. The third kappa shape index (κ3) is 6.11. The third-order valence-corrected chi connectivity index (χ3v) is 8.02. The van der Waals surface area contributed by atoms with Crippen LogP contribution in [0.15, 0.2) is 30.3 Å². The minimum Gasteiger partial charge on any atom is -0.490 e. The fraction of sp³-hybridized carbons (Fsp3) is 0.607. The van der Waals surface area contributed by atoms with Gasteiger partial charge in [0.15, 0.2) is 0 Å². The molecule has 4 rings (SSSR count). The van der Waals surface area contributed by atoms with Gasteiger partial charge in [0.25, 0.3) is 0 Å². The molecule has 35 heavy (non-hydrogen) atoms. The molecule has 0 bridgehead atoms. The first-order valence-corrected chi connectivity index (χ1v) is 12.9. The van der Waals surface area contributed by atoms with Crippen LogP contribution in [0.4, 0.5) is 13.2 Å². The summed E-state index contributed by atoms with van der Waals surface area (Å²) in [6.07, 6.45) is 2.72. The Hall–Kier alpha value is -2.28. The van der Waals surface area contributed by atoms with Crippen molar-refractivity contribution in [3.8, 4) is 5.75 Å². The molecule has 0 saturated heterocycles. The van der Waals surface area contributed by atoms with Crippen LogP contribution in [-0.4, -0.2) is 23.2 Å². The maximum absolute atomic E-state index is 14.3. The van der Waals surface area contributed by atoms with Crippen LogP contribution in [0, 0.1) is 11.8 Å². The summed E-state index contributed by atoms with van der Waals surface area (Å²) in [5.74, 6) is -0.477. The highest BCUT2D eigenvalue weighted by molar-refractivity contribution is 5.89. The topological polar surface area (TPSA) is 58.6 Å². The molecule has 7 heteroatoms. The van der Waals surface area contributed by atoms with Gasteiger partial charge in [-0.3, -0.25) is 4.79 Å². The smallest absolute Gasteiger partial charge is 0.420 e. The average Bonchev–Trinajstić information content (AvgIpc) is 2.83. The monoisotopic (exact) mass is 491 g/mol. The van der Waals surface area contributed by atoms with Crippen molar-refractivity contribution in [2.24, 2.45) is 11.8 Å². The SMILES string of the molecule is CC[C@H]1CC[C@@H](Oc2ccc3ccc(C(C)N[C@H]4CC[C@@H](C(=O)O)CC4)cc3c2C(F)(F)F)CC1.